The molecule has 1 aromatic carbocycles. The molecule has 0 unspecified atom stereocenters. The molecule has 0 bridgehead atoms. The largest absolute Gasteiger partial charge is 0.416 e. The number of hydrogen-bond acceptors (Lipinski definition) is 3. The molecule has 2 rings (SSSR count). The molecular formula is C16H20F3N3O. The molecule has 0 saturated heterocycles. The van der Waals surface area contributed by atoms with Crippen molar-refractivity contribution < 1.29 is 18.3 Å². The van der Waals surface area contributed by atoms with Gasteiger partial charge in [-0.3, -0.25) is 4.68 Å². The maximum Gasteiger partial charge on any atom is 0.416 e. The first-order valence-corrected chi connectivity index (χ1v) is 7.36. The first-order valence-electron chi connectivity index (χ1n) is 7.36. The SMILES string of the molecule is C[C@H](NC[C@@H](O)c1ccc(C(F)(F)F)cc1)[C@H](C)n1cccn1. The number of aliphatic hydroxyl groups is 1. The van der Waals surface area contributed by atoms with Crippen molar-refractivity contribution in [3.05, 3.63) is 53.9 Å². The molecule has 3 atom stereocenters. The number of nitrogens with one attached hydrogen (secondary N) is 1. The molecule has 4 nitrogen and oxygen atoms in total. The Labute approximate surface area is 132 Å². The van der Waals surface area contributed by atoms with Gasteiger partial charge in [0, 0.05) is 25.0 Å². The first kappa shape index (κ1) is 17.5. The van der Waals surface area contributed by atoms with Gasteiger partial charge in [-0.2, -0.15) is 18.3 Å². The molecule has 0 aliphatic rings. The average molecular weight is 327 g/mol. The molecule has 2 N–H and O–H groups in total. The molecule has 2 aromatic rings. The predicted molar refractivity (Wildman–Crippen MR) is 80.8 cm³/mol. The summed E-state index contributed by atoms with van der Waals surface area (Å²) in [5.41, 5.74) is -0.272. The topological polar surface area (TPSA) is 50.1 Å². The Morgan fingerprint density at radius 1 is 1.22 bits per heavy atom. The summed E-state index contributed by atoms with van der Waals surface area (Å²) in [6.07, 6.45) is -1.69. The highest BCUT2D eigenvalue weighted by Gasteiger charge is 2.30. The maximum atomic E-state index is 12.5. The van der Waals surface area contributed by atoms with Crippen LogP contribution in [0, 0.1) is 0 Å². The normalized spacial score (nSPS) is 16.1. The van der Waals surface area contributed by atoms with Gasteiger partial charge in [-0.1, -0.05) is 12.1 Å². The van der Waals surface area contributed by atoms with Crippen LogP contribution >= 0.6 is 0 Å². The molecule has 1 aromatic heterocycles. The molecule has 0 aliphatic heterocycles. The van der Waals surface area contributed by atoms with Gasteiger partial charge in [-0.05, 0) is 37.6 Å². The van der Waals surface area contributed by atoms with E-state index >= 15 is 0 Å². The monoisotopic (exact) mass is 327 g/mol. The Kier molecular flexibility index (Phi) is 5.43. The van der Waals surface area contributed by atoms with E-state index in [2.05, 4.69) is 10.4 Å². The van der Waals surface area contributed by atoms with Crippen molar-refractivity contribution >= 4 is 0 Å². The average Bonchev–Trinajstić information content (AvgIpc) is 3.05. The molecule has 0 aliphatic carbocycles. The summed E-state index contributed by atoms with van der Waals surface area (Å²) in [7, 11) is 0. The molecule has 0 spiro atoms. The van der Waals surface area contributed by atoms with Gasteiger partial charge in [0.2, 0.25) is 0 Å². The second kappa shape index (κ2) is 7.14. The van der Waals surface area contributed by atoms with Crippen LogP contribution in [0.4, 0.5) is 13.2 Å². The third-order valence-electron chi connectivity index (χ3n) is 3.92. The van der Waals surface area contributed by atoms with Gasteiger partial charge in [0.1, 0.15) is 0 Å². The van der Waals surface area contributed by atoms with Gasteiger partial charge in [0.15, 0.2) is 0 Å². The van der Waals surface area contributed by atoms with Crippen LogP contribution < -0.4 is 5.32 Å². The third kappa shape index (κ3) is 4.56. The molecular weight excluding hydrogens is 307 g/mol. The van der Waals surface area contributed by atoms with E-state index in [1.165, 1.54) is 12.1 Å². The quantitative estimate of drug-likeness (QED) is 0.857. The van der Waals surface area contributed by atoms with Gasteiger partial charge in [0.05, 0.1) is 17.7 Å². The zero-order chi connectivity index (χ0) is 17.0. The minimum Gasteiger partial charge on any atom is -0.387 e. The number of benzene rings is 1. The molecule has 0 saturated carbocycles. The standard InChI is InChI=1S/C16H20F3N3O/c1-11(12(2)22-9-3-8-21-22)20-10-15(23)13-4-6-14(7-5-13)16(17,18)19/h3-9,11-12,15,20,23H,10H2,1-2H3/t11-,12-,15+/m0/s1. The van der Waals surface area contributed by atoms with Gasteiger partial charge >= 0.3 is 6.18 Å². The molecule has 0 fully saturated rings. The zero-order valence-electron chi connectivity index (χ0n) is 13.0. The number of aromatic nitrogens is 2. The Hall–Kier alpha value is -1.86. The summed E-state index contributed by atoms with van der Waals surface area (Å²) >= 11 is 0. The Morgan fingerprint density at radius 3 is 2.39 bits per heavy atom. The number of alkyl halides is 3. The summed E-state index contributed by atoms with van der Waals surface area (Å²) in [4.78, 5) is 0. The van der Waals surface area contributed by atoms with Crippen LogP contribution in [0.3, 0.4) is 0 Å². The summed E-state index contributed by atoms with van der Waals surface area (Å²) in [5.74, 6) is 0. The van der Waals surface area contributed by atoms with Crippen LogP contribution in [0.1, 0.15) is 37.1 Å². The lowest BCUT2D eigenvalue weighted by molar-refractivity contribution is -0.137. The fourth-order valence-corrected chi connectivity index (χ4v) is 2.23. The molecule has 23 heavy (non-hydrogen) atoms. The predicted octanol–water partition coefficient (Wildman–Crippen LogP) is 3.17. The van der Waals surface area contributed by atoms with Gasteiger partial charge in [0.25, 0.3) is 0 Å². The van der Waals surface area contributed by atoms with E-state index in [9.17, 15) is 18.3 Å². The molecule has 0 radical (unpaired) electrons. The zero-order valence-corrected chi connectivity index (χ0v) is 13.0. The number of halogens is 3. The van der Waals surface area contributed by atoms with E-state index in [-0.39, 0.29) is 18.6 Å². The third-order valence-corrected chi connectivity index (χ3v) is 3.92. The van der Waals surface area contributed by atoms with Crippen LogP contribution in [0.15, 0.2) is 42.7 Å². The Balaban J connectivity index is 1.90. The fraction of sp³-hybridized carbons (Fsp3) is 0.438. The summed E-state index contributed by atoms with van der Waals surface area (Å²) in [6.45, 7) is 4.21. The first-order chi connectivity index (χ1) is 10.8. The van der Waals surface area contributed by atoms with E-state index in [0.717, 1.165) is 12.1 Å². The minimum absolute atomic E-state index is 0.0407. The van der Waals surface area contributed by atoms with Crippen LogP contribution in [-0.2, 0) is 6.18 Å². The van der Waals surface area contributed by atoms with Crippen molar-refractivity contribution in [3.8, 4) is 0 Å². The number of nitrogens with zero attached hydrogens (tertiary/aromatic N) is 2. The van der Waals surface area contributed by atoms with Crippen LogP contribution in [-0.4, -0.2) is 27.5 Å². The summed E-state index contributed by atoms with van der Waals surface area (Å²) < 4.78 is 39.4. The molecule has 1 heterocycles. The fourth-order valence-electron chi connectivity index (χ4n) is 2.23. The van der Waals surface area contributed by atoms with Crippen molar-refractivity contribution in [2.24, 2.45) is 0 Å². The van der Waals surface area contributed by atoms with Crippen LogP contribution in [0.2, 0.25) is 0 Å². The van der Waals surface area contributed by atoms with Crippen molar-refractivity contribution in [3.63, 3.8) is 0 Å². The lowest BCUT2D eigenvalue weighted by atomic mass is 10.1. The lowest BCUT2D eigenvalue weighted by Gasteiger charge is -2.23. The second-order valence-corrected chi connectivity index (χ2v) is 5.56. The van der Waals surface area contributed by atoms with Crippen molar-refractivity contribution in [1.82, 2.24) is 15.1 Å². The smallest absolute Gasteiger partial charge is 0.387 e. The number of rotatable bonds is 6. The summed E-state index contributed by atoms with van der Waals surface area (Å²) in [6, 6.07) is 6.53. The van der Waals surface area contributed by atoms with Gasteiger partial charge < -0.3 is 10.4 Å². The van der Waals surface area contributed by atoms with Gasteiger partial charge in [-0.25, -0.2) is 0 Å². The van der Waals surface area contributed by atoms with E-state index in [1.807, 2.05) is 30.8 Å². The number of aliphatic hydroxyl groups excluding tert-OH is 1. The highest BCUT2D eigenvalue weighted by molar-refractivity contribution is 5.26. The highest BCUT2D eigenvalue weighted by Crippen LogP contribution is 2.29. The van der Waals surface area contributed by atoms with E-state index in [0.29, 0.717) is 5.56 Å². The van der Waals surface area contributed by atoms with Crippen LogP contribution in [0.5, 0.6) is 0 Å². The van der Waals surface area contributed by atoms with Crippen molar-refractivity contribution in [2.75, 3.05) is 6.54 Å². The van der Waals surface area contributed by atoms with E-state index in [1.54, 1.807) is 6.20 Å². The van der Waals surface area contributed by atoms with E-state index in [4.69, 9.17) is 0 Å². The van der Waals surface area contributed by atoms with Gasteiger partial charge in [-0.15, -0.1) is 0 Å². The highest BCUT2D eigenvalue weighted by atomic mass is 19.4. The van der Waals surface area contributed by atoms with Crippen molar-refractivity contribution in [1.29, 1.82) is 0 Å². The lowest BCUT2D eigenvalue weighted by Crippen LogP contribution is -2.36. The molecule has 0 amide bonds. The van der Waals surface area contributed by atoms with E-state index < -0.39 is 17.8 Å². The van der Waals surface area contributed by atoms with Crippen LogP contribution in [0.25, 0.3) is 0 Å². The summed E-state index contributed by atoms with van der Waals surface area (Å²) in [5, 5.41) is 17.5. The maximum absolute atomic E-state index is 12.5. The minimum atomic E-state index is -4.37. The Morgan fingerprint density at radius 2 is 1.87 bits per heavy atom. The van der Waals surface area contributed by atoms with Crippen molar-refractivity contribution in [2.45, 2.75) is 38.2 Å². The Bertz CT molecular complexity index is 596. The molecule has 126 valence electrons. The molecule has 7 heteroatoms. The number of hydrogen-bond donors (Lipinski definition) is 2. The second-order valence-electron chi connectivity index (χ2n) is 5.56.